The molecule has 2 rings (SSSR count). The summed E-state index contributed by atoms with van der Waals surface area (Å²) in [5.74, 6) is 0. The van der Waals surface area contributed by atoms with Crippen molar-refractivity contribution in [2.45, 2.75) is 18.7 Å². The third-order valence-corrected chi connectivity index (χ3v) is 7.59. The van der Waals surface area contributed by atoms with Gasteiger partial charge in [-0.05, 0) is 75.1 Å². The normalized spacial score (nSPS) is 12.8. The van der Waals surface area contributed by atoms with Gasteiger partial charge in [-0.25, -0.2) is 0 Å². The molecule has 0 fully saturated rings. The highest BCUT2D eigenvalue weighted by Crippen LogP contribution is 2.40. The molecule has 0 saturated heterocycles. The van der Waals surface area contributed by atoms with Crippen LogP contribution < -0.4 is 0 Å². The molecule has 4 heteroatoms. The molecular weight excluding hydrogens is 475 g/mol. The van der Waals surface area contributed by atoms with Crippen molar-refractivity contribution in [1.29, 1.82) is 0 Å². The number of benzene rings is 1. The Morgan fingerprint density at radius 1 is 1.24 bits per heavy atom. The number of alkyl halides is 1. The molecule has 0 spiro atoms. The molecule has 0 aliphatic rings. The van der Waals surface area contributed by atoms with Crippen LogP contribution in [0, 0.1) is 17.4 Å². The summed E-state index contributed by atoms with van der Waals surface area (Å²) in [6.45, 7) is 4.28. The smallest absolute Gasteiger partial charge is 0.0748 e. The van der Waals surface area contributed by atoms with Crippen molar-refractivity contribution in [3.63, 3.8) is 0 Å². The van der Waals surface area contributed by atoms with Gasteiger partial charge in [0.15, 0.2) is 0 Å². The summed E-state index contributed by atoms with van der Waals surface area (Å²) in [4.78, 5) is 1.63. The maximum absolute atomic E-state index is 3.81. The van der Waals surface area contributed by atoms with Crippen molar-refractivity contribution in [3.8, 4) is 0 Å². The fourth-order valence-electron chi connectivity index (χ4n) is 1.63. The Labute approximate surface area is 136 Å². The molecule has 1 aromatic heterocycles. The van der Waals surface area contributed by atoms with E-state index in [1.165, 1.54) is 28.9 Å². The molecule has 1 heterocycles. The summed E-state index contributed by atoms with van der Waals surface area (Å²) in [5.41, 5.74) is 3.98. The quantitative estimate of drug-likeness (QED) is 0.350. The van der Waals surface area contributed by atoms with Crippen molar-refractivity contribution in [2.75, 3.05) is 0 Å². The third-order valence-electron chi connectivity index (χ3n) is 2.62. The van der Waals surface area contributed by atoms with Gasteiger partial charge in [-0.2, -0.15) is 0 Å². The van der Waals surface area contributed by atoms with E-state index in [9.17, 15) is 0 Å². The predicted octanol–water partition coefficient (Wildman–Crippen LogP) is 6.22. The first kappa shape index (κ1) is 14.0. The van der Waals surface area contributed by atoms with E-state index in [2.05, 4.69) is 92.6 Å². The van der Waals surface area contributed by atoms with Crippen LogP contribution in [0.15, 0.2) is 28.1 Å². The number of hydrogen-bond acceptors (Lipinski definition) is 1. The molecule has 1 unspecified atom stereocenters. The average molecular weight is 486 g/mol. The maximum Gasteiger partial charge on any atom is 0.0748 e. The van der Waals surface area contributed by atoms with Crippen LogP contribution in [-0.4, -0.2) is 0 Å². The molecule has 0 nitrogen and oxygen atoms in total. The zero-order valence-electron chi connectivity index (χ0n) is 9.43. The molecule has 17 heavy (non-hydrogen) atoms. The van der Waals surface area contributed by atoms with Crippen LogP contribution in [0.5, 0.6) is 0 Å². The van der Waals surface area contributed by atoms with Crippen LogP contribution in [0.3, 0.4) is 0 Å². The summed E-state index contributed by atoms with van der Waals surface area (Å²) < 4.78 is 2.56. The molecule has 2 aromatic rings. The molecule has 1 atom stereocenters. The summed E-state index contributed by atoms with van der Waals surface area (Å²) >= 11 is 11.6. The van der Waals surface area contributed by atoms with Gasteiger partial charge < -0.3 is 0 Å². The molecule has 0 bridgehead atoms. The van der Waals surface area contributed by atoms with Gasteiger partial charge in [0, 0.05) is 8.45 Å². The lowest BCUT2D eigenvalue weighted by atomic mass is 10.1. The molecule has 0 aliphatic carbocycles. The Hall–Kier alpha value is 0.610. The summed E-state index contributed by atoms with van der Waals surface area (Å²) in [7, 11) is 0. The molecular formula is C13H11Br2IS. The number of aryl methyl sites for hydroxylation is 2. The van der Waals surface area contributed by atoms with Crippen LogP contribution >= 0.6 is 65.8 Å². The SMILES string of the molecule is Cc1cc(C(Br)c2cccc(C)c2I)sc1Br. The van der Waals surface area contributed by atoms with E-state index in [0.717, 1.165) is 0 Å². The highest BCUT2D eigenvalue weighted by molar-refractivity contribution is 14.1. The standard InChI is InChI=1S/C13H11Br2IS/c1-7-4-3-5-9(12(7)16)11(14)10-6-8(2)13(15)17-10/h3-6,11H,1-2H3. The van der Waals surface area contributed by atoms with Gasteiger partial charge in [-0.1, -0.05) is 34.1 Å². The monoisotopic (exact) mass is 484 g/mol. The lowest BCUT2D eigenvalue weighted by Gasteiger charge is -2.12. The second-order valence-corrected chi connectivity index (χ2v) is 8.34. The van der Waals surface area contributed by atoms with Crippen molar-refractivity contribution >= 4 is 65.8 Å². The summed E-state index contributed by atoms with van der Waals surface area (Å²) in [6, 6.07) is 8.71. The molecule has 0 saturated carbocycles. The molecule has 0 aliphatic heterocycles. The largest absolute Gasteiger partial charge is 0.131 e. The van der Waals surface area contributed by atoms with E-state index in [1.807, 2.05) is 0 Å². The zero-order valence-corrected chi connectivity index (χ0v) is 15.6. The third kappa shape index (κ3) is 2.96. The first-order chi connectivity index (χ1) is 8.00. The molecule has 0 amide bonds. The minimum atomic E-state index is 0.282. The van der Waals surface area contributed by atoms with Crippen LogP contribution in [0.4, 0.5) is 0 Å². The molecule has 0 radical (unpaired) electrons. The second-order valence-electron chi connectivity index (χ2n) is 3.95. The van der Waals surface area contributed by atoms with Crippen molar-refractivity contribution in [1.82, 2.24) is 0 Å². The van der Waals surface area contributed by atoms with Gasteiger partial charge in [-0.3, -0.25) is 0 Å². The van der Waals surface area contributed by atoms with E-state index < -0.39 is 0 Å². The first-order valence-electron chi connectivity index (χ1n) is 5.15. The van der Waals surface area contributed by atoms with E-state index in [0.29, 0.717) is 0 Å². The average Bonchev–Trinajstić information content (AvgIpc) is 2.62. The number of halogens is 3. The zero-order chi connectivity index (χ0) is 12.6. The van der Waals surface area contributed by atoms with Crippen LogP contribution in [0.25, 0.3) is 0 Å². The number of thiophene rings is 1. The van der Waals surface area contributed by atoms with Gasteiger partial charge >= 0.3 is 0 Å². The van der Waals surface area contributed by atoms with Crippen LogP contribution in [-0.2, 0) is 0 Å². The highest BCUT2D eigenvalue weighted by Gasteiger charge is 2.17. The molecule has 90 valence electrons. The molecule has 0 N–H and O–H groups in total. The van der Waals surface area contributed by atoms with Crippen LogP contribution in [0.2, 0.25) is 0 Å². The van der Waals surface area contributed by atoms with Gasteiger partial charge in [0.25, 0.3) is 0 Å². The van der Waals surface area contributed by atoms with Gasteiger partial charge in [-0.15, -0.1) is 11.3 Å². The fourth-order valence-corrected chi connectivity index (χ4v) is 5.09. The lowest BCUT2D eigenvalue weighted by Crippen LogP contribution is -1.95. The van der Waals surface area contributed by atoms with E-state index in [4.69, 9.17) is 0 Å². The summed E-state index contributed by atoms with van der Waals surface area (Å²) in [5, 5.41) is 0. The minimum absolute atomic E-state index is 0.282. The predicted molar refractivity (Wildman–Crippen MR) is 91.4 cm³/mol. The summed E-state index contributed by atoms with van der Waals surface area (Å²) in [6.07, 6.45) is 0. The van der Waals surface area contributed by atoms with Crippen LogP contribution in [0.1, 0.15) is 26.4 Å². The Morgan fingerprint density at radius 2 is 1.94 bits per heavy atom. The first-order valence-corrected chi connectivity index (χ1v) is 8.76. The van der Waals surface area contributed by atoms with Crippen molar-refractivity contribution in [2.24, 2.45) is 0 Å². The Bertz CT molecular complexity index is 529. The van der Waals surface area contributed by atoms with E-state index in [-0.39, 0.29) is 4.83 Å². The van der Waals surface area contributed by atoms with E-state index >= 15 is 0 Å². The van der Waals surface area contributed by atoms with Gasteiger partial charge in [0.2, 0.25) is 0 Å². The Morgan fingerprint density at radius 3 is 2.53 bits per heavy atom. The number of hydrogen-bond donors (Lipinski definition) is 0. The van der Waals surface area contributed by atoms with E-state index in [1.54, 1.807) is 11.3 Å². The molecule has 1 aromatic carbocycles. The maximum atomic E-state index is 3.81. The second kappa shape index (κ2) is 5.72. The topological polar surface area (TPSA) is 0 Å². The van der Waals surface area contributed by atoms with Crippen molar-refractivity contribution < 1.29 is 0 Å². The lowest BCUT2D eigenvalue weighted by molar-refractivity contribution is 1.18. The highest BCUT2D eigenvalue weighted by atomic mass is 127. The van der Waals surface area contributed by atoms with Crippen molar-refractivity contribution in [3.05, 3.63) is 53.2 Å². The van der Waals surface area contributed by atoms with Gasteiger partial charge in [0.1, 0.15) is 0 Å². The Kier molecular flexibility index (Phi) is 4.72. The van der Waals surface area contributed by atoms with Gasteiger partial charge in [0.05, 0.1) is 8.61 Å². The fraction of sp³-hybridized carbons (Fsp3) is 0.231. The minimum Gasteiger partial charge on any atom is -0.131 e. The number of rotatable bonds is 2. The Balaban J connectivity index is 2.43.